The lowest BCUT2D eigenvalue weighted by atomic mass is 10.2. The molecule has 124 valence electrons. The van der Waals surface area contributed by atoms with Crippen LogP contribution in [0.5, 0.6) is 0 Å². The van der Waals surface area contributed by atoms with Gasteiger partial charge in [-0.2, -0.15) is 5.10 Å². The van der Waals surface area contributed by atoms with E-state index in [1.807, 2.05) is 31.2 Å². The zero-order valence-corrected chi connectivity index (χ0v) is 14.3. The third-order valence-corrected chi connectivity index (χ3v) is 4.48. The number of rotatable bonds is 4. The topological polar surface area (TPSA) is 89.9 Å². The third-order valence-electron chi connectivity index (χ3n) is 3.52. The van der Waals surface area contributed by atoms with Crippen molar-refractivity contribution >= 4 is 28.8 Å². The standard InChI is InChI=1S/C16H16N4O3S/c1-9-4-6-11(7-5-9)20-13-12(8-17-20)14(21)19-16(18-13)24-10(2)15(22)23-3/h4-8,10H,1-3H3,(H,18,19,21)/t10-/m1/s1. The molecule has 0 aliphatic carbocycles. The highest BCUT2D eigenvalue weighted by atomic mass is 32.2. The molecule has 0 radical (unpaired) electrons. The Morgan fingerprint density at radius 2 is 2.04 bits per heavy atom. The number of fused-ring (bicyclic) bond motifs is 1. The lowest BCUT2D eigenvalue weighted by molar-refractivity contribution is -0.139. The van der Waals surface area contributed by atoms with E-state index in [1.54, 1.807) is 11.6 Å². The highest BCUT2D eigenvalue weighted by molar-refractivity contribution is 8.00. The maximum absolute atomic E-state index is 12.2. The van der Waals surface area contributed by atoms with Crippen LogP contribution in [0.25, 0.3) is 16.7 Å². The first-order valence-corrected chi connectivity index (χ1v) is 8.17. The van der Waals surface area contributed by atoms with Crippen molar-refractivity contribution in [2.24, 2.45) is 0 Å². The van der Waals surface area contributed by atoms with Gasteiger partial charge in [-0.3, -0.25) is 9.59 Å². The molecule has 0 saturated heterocycles. The Hall–Kier alpha value is -2.61. The van der Waals surface area contributed by atoms with Gasteiger partial charge in [-0.1, -0.05) is 29.5 Å². The van der Waals surface area contributed by atoms with Crippen molar-refractivity contribution in [1.29, 1.82) is 0 Å². The van der Waals surface area contributed by atoms with Crippen molar-refractivity contribution < 1.29 is 9.53 Å². The molecule has 0 saturated carbocycles. The van der Waals surface area contributed by atoms with Gasteiger partial charge in [0.15, 0.2) is 10.8 Å². The van der Waals surface area contributed by atoms with Crippen LogP contribution in [-0.2, 0) is 9.53 Å². The molecule has 0 spiro atoms. The number of aromatic amines is 1. The van der Waals surface area contributed by atoms with Crippen LogP contribution in [0.2, 0.25) is 0 Å². The Bertz CT molecular complexity index is 946. The summed E-state index contributed by atoms with van der Waals surface area (Å²) in [5.41, 5.74) is 2.09. The summed E-state index contributed by atoms with van der Waals surface area (Å²) in [5, 5.41) is 4.52. The number of ether oxygens (including phenoxy) is 1. The average molecular weight is 344 g/mol. The summed E-state index contributed by atoms with van der Waals surface area (Å²) in [6.45, 7) is 3.69. The quantitative estimate of drug-likeness (QED) is 0.443. The minimum Gasteiger partial charge on any atom is -0.468 e. The van der Waals surface area contributed by atoms with E-state index in [-0.39, 0.29) is 11.5 Å². The van der Waals surface area contributed by atoms with Crippen LogP contribution in [0.1, 0.15) is 12.5 Å². The van der Waals surface area contributed by atoms with E-state index in [0.717, 1.165) is 23.0 Å². The summed E-state index contributed by atoms with van der Waals surface area (Å²) in [5.74, 6) is -0.380. The number of carbonyl (C=O) groups excluding carboxylic acids is 1. The van der Waals surface area contributed by atoms with Crippen LogP contribution < -0.4 is 5.56 Å². The lowest BCUT2D eigenvalue weighted by Gasteiger charge is -2.08. The largest absolute Gasteiger partial charge is 0.468 e. The molecule has 1 atom stereocenters. The molecule has 3 aromatic rings. The lowest BCUT2D eigenvalue weighted by Crippen LogP contribution is -2.17. The number of esters is 1. The second-order valence-electron chi connectivity index (χ2n) is 5.28. The number of benzene rings is 1. The average Bonchev–Trinajstić information content (AvgIpc) is 2.99. The number of hydrogen-bond donors (Lipinski definition) is 1. The predicted octanol–water partition coefficient (Wildman–Crippen LogP) is 2.07. The molecule has 24 heavy (non-hydrogen) atoms. The highest BCUT2D eigenvalue weighted by Gasteiger charge is 2.18. The summed E-state index contributed by atoms with van der Waals surface area (Å²) in [6, 6.07) is 7.75. The minimum absolute atomic E-state index is 0.294. The first-order chi connectivity index (χ1) is 11.5. The van der Waals surface area contributed by atoms with Gasteiger partial charge in [0.25, 0.3) is 5.56 Å². The summed E-state index contributed by atoms with van der Waals surface area (Å²) in [4.78, 5) is 30.9. The third kappa shape index (κ3) is 3.05. The summed E-state index contributed by atoms with van der Waals surface area (Å²) < 4.78 is 6.30. The van der Waals surface area contributed by atoms with Gasteiger partial charge in [0.2, 0.25) is 0 Å². The summed E-state index contributed by atoms with van der Waals surface area (Å²) >= 11 is 1.13. The predicted molar refractivity (Wildman–Crippen MR) is 91.6 cm³/mol. The molecule has 3 rings (SSSR count). The minimum atomic E-state index is -0.480. The number of hydrogen-bond acceptors (Lipinski definition) is 6. The Morgan fingerprint density at radius 3 is 2.71 bits per heavy atom. The molecule has 7 nitrogen and oxygen atoms in total. The van der Waals surface area contributed by atoms with E-state index < -0.39 is 5.25 Å². The maximum atomic E-state index is 12.2. The first-order valence-electron chi connectivity index (χ1n) is 7.29. The number of aromatic nitrogens is 4. The summed E-state index contributed by atoms with van der Waals surface area (Å²) in [6.07, 6.45) is 1.49. The van der Waals surface area contributed by atoms with E-state index in [4.69, 9.17) is 4.74 Å². The van der Waals surface area contributed by atoms with E-state index in [1.165, 1.54) is 13.3 Å². The van der Waals surface area contributed by atoms with Gasteiger partial charge >= 0.3 is 5.97 Å². The van der Waals surface area contributed by atoms with Gasteiger partial charge in [0.05, 0.1) is 19.0 Å². The smallest absolute Gasteiger partial charge is 0.318 e. The molecule has 0 aliphatic rings. The van der Waals surface area contributed by atoms with Crippen LogP contribution in [0.15, 0.2) is 40.4 Å². The molecule has 0 bridgehead atoms. The number of H-pyrrole nitrogens is 1. The number of nitrogens with zero attached hydrogens (tertiary/aromatic N) is 3. The molecule has 1 N–H and O–H groups in total. The van der Waals surface area contributed by atoms with Gasteiger partial charge < -0.3 is 9.72 Å². The van der Waals surface area contributed by atoms with Gasteiger partial charge in [-0.05, 0) is 26.0 Å². The number of methoxy groups -OCH3 is 1. The normalized spacial score (nSPS) is 12.3. The van der Waals surface area contributed by atoms with Crippen LogP contribution in [0.4, 0.5) is 0 Å². The molecular formula is C16H16N4O3S. The Morgan fingerprint density at radius 1 is 1.33 bits per heavy atom. The molecule has 0 amide bonds. The molecule has 0 unspecified atom stereocenters. The fourth-order valence-corrected chi connectivity index (χ4v) is 3.03. The monoisotopic (exact) mass is 344 g/mol. The van der Waals surface area contributed by atoms with Crippen LogP contribution in [-0.4, -0.2) is 38.1 Å². The zero-order valence-electron chi connectivity index (χ0n) is 13.4. The van der Waals surface area contributed by atoms with Gasteiger partial charge in [-0.15, -0.1) is 0 Å². The second kappa shape index (κ2) is 6.48. The van der Waals surface area contributed by atoms with Gasteiger partial charge in [0.1, 0.15) is 10.6 Å². The molecule has 0 fully saturated rings. The SMILES string of the molecule is COC(=O)[C@@H](C)Sc1nc2c(cnn2-c2ccc(C)cc2)c(=O)[nH]1. The van der Waals surface area contributed by atoms with Crippen molar-refractivity contribution in [1.82, 2.24) is 19.7 Å². The second-order valence-corrected chi connectivity index (χ2v) is 6.61. The zero-order chi connectivity index (χ0) is 17.3. The van der Waals surface area contributed by atoms with Crippen LogP contribution >= 0.6 is 11.8 Å². The highest BCUT2D eigenvalue weighted by Crippen LogP contribution is 2.22. The van der Waals surface area contributed by atoms with Crippen molar-refractivity contribution in [2.45, 2.75) is 24.3 Å². The van der Waals surface area contributed by atoms with E-state index in [2.05, 4.69) is 15.1 Å². The molecule has 2 aromatic heterocycles. The molecule has 1 aromatic carbocycles. The van der Waals surface area contributed by atoms with Gasteiger partial charge in [0, 0.05) is 0 Å². The number of thioether (sulfide) groups is 1. The fraction of sp³-hybridized carbons (Fsp3) is 0.250. The van der Waals surface area contributed by atoms with Crippen molar-refractivity contribution in [2.75, 3.05) is 7.11 Å². The van der Waals surface area contributed by atoms with Gasteiger partial charge in [-0.25, -0.2) is 9.67 Å². The van der Waals surface area contributed by atoms with Crippen LogP contribution in [0.3, 0.4) is 0 Å². The number of carbonyl (C=O) groups is 1. The Kier molecular flexibility index (Phi) is 4.39. The van der Waals surface area contributed by atoms with Crippen LogP contribution in [0, 0.1) is 6.92 Å². The number of nitrogens with one attached hydrogen (secondary N) is 1. The maximum Gasteiger partial charge on any atom is 0.318 e. The molecule has 2 heterocycles. The molecule has 8 heteroatoms. The van der Waals surface area contributed by atoms with E-state index in [0.29, 0.717) is 16.2 Å². The molecule has 0 aliphatic heterocycles. The fourth-order valence-electron chi connectivity index (χ4n) is 2.21. The summed E-state index contributed by atoms with van der Waals surface area (Å²) in [7, 11) is 1.32. The Balaban J connectivity index is 2.05. The Labute approximate surface area is 142 Å². The van der Waals surface area contributed by atoms with E-state index in [9.17, 15) is 9.59 Å². The number of aryl methyl sites for hydroxylation is 1. The van der Waals surface area contributed by atoms with Crippen molar-refractivity contribution in [3.63, 3.8) is 0 Å². The molecular weight excluding hydrogens is 328 g/mol. The van der Waals surface area contributed by atoms with Crippen molar-refractivity contribution in [3.05, 3.63) is 46.4 Å². The van der Waals surface area contributed by atoms with E-state index >= 15 is 0 Å². The first kappa shape index (κ1) is 16.3. The van der Waals surface area contributed by atoms with Crippen molar-refractivity contribution in [3.8, 4) is 5.69 Å².